The second kappa shape index (κ2) is 11.2. The van der Waals surface area contributed by atoms with Crippen LogP contribution in [-0.2, 0) is 19.1 Å². The van der Waals surface area contributed by atoms with Gasteiger partial charge in [-0.25, -0.2) is 0 Å². The number of thiol groups is 2. The predicted octanol–water partition coefficient (Wildman–Crippen LogP) is 0.235. The van der Waals surface area contributed by atoms with Crippen molar-refractivity contribution in [1.82, 2.24) is 10.6 Å². The minimum absolute atomic E-state index is 0.293. The van der Waals surface area contributed by atoms with Gasteiger partial charge >= 0.3 is 11.9 Å². The van der Waals surface area contributed by atoms with Gasteiger partial charge in [-0.2, -0.15) is 25.3 Å². The molecule has 0 bridgehead atoms. The zero-order chi connectivity index (χ0) is 15.5. The fourth-order valence-electron chi connectivity index (χ4n) is 1.53. The molecule has 0 amide bonds. The van der Waals surface area contributed by atoms with Gasteiger partial charge in [0.1, 0.15) is 12.1 Å². The number of esters is 2. The molecule has 0 aromatic rings. The normalized spacial score (nSPS) is 13.9. The molecule has 20 heavy (non-hydrogen) atoms. The summed E-state index contributed by atoms with van der Waals surface area (Å²) in [7, 11) is 0. The molecule has 0 aliphatic heterocycles. The van der Waals surface area contributed by atoms with Crippen LogP contribution < -0.4 is 10.6 Å². The standard InChI is InChI=1S/C12H24N2O4S2/c1-4-17-11(15)9(6-19)13-8(3)14-10(7-20)12(16)18-5-2/h8-10,13-14,19-20H,4-7H2,1-3H3/t9-,10-/m0/s1. The summed E-state index contributed by atoms with van der Waals surface area (Å²) in [4.78, 5) is 23.3. The van der Waals surface area contributed by atoms with Crippen LogP contribution in [0.25, 0.3) is 0 Å². The topological polar surface area (TPSA) is 76.7 Å². The number of carbonyl (C=O) groups is 2. The van der Waals surface area contributed by atoms with Crippen molar-refractivity contribution < 1.29 is 19.1 Å². The first kappa shape index (κ1) is 19.6. The Morgan fingerprint density at radius 3 is 1.55 bits per heavy atom. The second-order valence-electron chi connectivity index (χ2n) is 4.03. The van der Waals surface area contributed by atoms with Gasteiger partial charge in [0.05, 0.1) is 19.4 Å². The molecular weight excluding hydrogens is 300 g/mol. The van der Waals surface area contributed by atoms with Gasteiger partial charge in [-0.05, 0) is 20.8 Å². The Morgan fingerprint density at radius 1 is 0.950 bits per heavy atom. The Morgan fingerprint density at radius 2 is 1.30 bits per heavy atom. The third-order valence-corrected chi connectivity index (χ3v) is 3.14. The van der Waals surface area contributed by atoms with E-state index in [4.69, 9.17) is 9.47 Å². The molecule has 0 rings (SSSR count). The maximum Gasteiger partial charge on any atom is 0.324 e. The maximum absolute atomic E-state index is 11.6. The molecule has 0 heterocycles. The third kappa shape index (κ3) is 7.37. The molecule has 0 fully saturated rings. The van der Waals surface area contributed by atoms with Gasteiger partial charge in [0.15, 0.2) is 0 Å². The van der Waals surface area contributed by atoms with Crippen molar-refractivity contribution in [3.8, 4) is 0 Å². The highest BCUT2D eigenvalue weighted by atomic mass is 32.1. The Labute approximate surface area is 131 Å². The first-order valence-electron chi connectivity index (χ1n) is 6.57. The Hall–Kier alpha value is -0.440. The molecule has 8 heteroatoms. The van der Waals surface area contributed by atoms with Gasteiger partial charge in [-0.15, -0.1) is 0 Å². The summed E-state index contributed by atoms with van der Waals surface area (Å²) in [6.45, 7) is 5.91. The Bertz CT molecular complexity index is 277. The van der Waals surface area contributed by atoms with E-state index in [1.165, 1.54) is 0 Å². The van der Waals surface area contributed by atoms with E-state index in [9.17, 15) is 9.59 Å². The van der Waals surface area contributed by atoms with Gasteiger partial charge in [-0.1, -0.05) is 0 Å². The SMILES string of the molecule is CCOC(=O)[C@H](CS)NC(C)N[C@@H](CS)C(=O)OCC. The van der Waals surface area contributed by atoms with Gasteiger partial charge in [0.2, 0.25) is 0 Å². The number of carbonyl (C=O) groups excluding carboxylic acids is 2. The first-order valence-corrected chi connectivity index (χ1v) is 7.83. The fourth-order valence-corrected chi connectivity index (χ4v) is 2.04. The molecular formula is C12H24N2O4S2. The van der Waals surface area contributed by atoms with E-state index in [1.807, 2.05) is 0 Å². The zero-order valence-electron chi connectivity index (χ0n) is 12.1. The zero-order valence-corrected chi connectivity index (χ0v) is 13.9. The molecule has 0 aromatic carbocycles. The molecule has 2 N–H and O–H groups in total. The molecule has 0 saturated heterocycles. The summed E-state index contributed by atoms with van der Waals surface area (Å²) in [6.07, 6.45) is -0.293. The Balaban J connectivity index is 4.39. The molecule has 0 aliphatic carbocycles. The minimum atomic E-state index is -0.538. The van der Waals surface area contributed by atoms with E-state index in [1.54, 1.807) is 20.8 Å². The molecule has 0 aliphatic rings. The largest absolute Gasteiger partial charge is 0.465 e. The lowest BCUT2D eigenvalue weighted by molar-refractivity contribution is -0.145. The number of hydrogen-bond donors (Lipinski definition) is 4. The quantitative estimate of drug-likeness (QED) is 0.262. The second-order valence-corrected chi connectivity index (χ2v) is 4.76. The van der Waals surface area contributed by atoms with Crippen LogP contribution in [0.3, 0.4) is 0 Å². The van der Waals surface area contributed by atoms with Crippen molar-refractivity contribution in [2.45, 2.75) is 39.0 Å². The molecule has 0 radical (unpaired) electrons. The van der Waals surface area contributed by atoms with Gasteiger partial charge < -0.3 is 9.47 Å². The minimum Gasteiger partial charge on any atom is -0.465 e. The number of ether oxygens (including phenoxy) is 2. The lowest BCUT2D eigenvalue weighted by Gasteiger charge is -2.24. The van der Waals surface area contributed by atoms with E-state index >= 15 is 0 Å². The molecule has 0 saturated carbocycles. The predicted molar refractivity (Wildman–Crippen MR) is 84.3 cm³/mol. The average molecular weight is 324 g/mol. The lowest BCUT2D eigenvalue weighted by Crippen LogP contribution is -2.55. The highest BCUT2D eigenvalue weighted by Crippen LogP contribution is 1.98. The molecule has 0 spiro atoms. The summed E-state index contributed by atoms with van der Waals surface area (Å²) in [5, 5.41) is 6.02. The monoisotopic (exact) mass is 324 g/mol. The van der Waals surface area contributed by atoms with E-state index in [-0.39, 0.29) is 18.1 Å². The van der Waals surface area contributed by atoms with Crippen molar-refractivity contribution >= 4 is 37.2 Å². The lowest BCUT2D eigenvalue weighted by atomic mass is 10.3. The van der Waals surface area contributed by atoms with E-state index < -0.39 is 12.1 Å². The van der Waals surface area contributed by atoms with Gasteiger partial charge in [0.25, 0.3) is 0 Å². The van der Waals surface area contributed by atoms with Crippen molar-refractivity contribution in [1.29, 1.82) is 0 Å². The Kier molecular flexibility index (Phi) is 11.0. The summed E-state index contributed by atoms with van der Waals surface area (Å²) >= 11 is 8.22. The van der Waals surface area contributed by atoms with Crippen LogP contribution in [0, 0.1) is 0 Å². The number of rotatable bonds is 10. The van der Waals surface area contributed by atoms with Gasteiger partial charge in [-0.3, -0.25) is 20.2 Å². The van der Waals surface area contributed by atoms with E-state index in [0.717, 1.165) is 0 Å². The van der Waals surface area contributed by atoms with Crippen LogP contribution in [0.1, 0.15) is 20.8 Å². The summed E-state index contributed by atoms with van der Waals surface area (Å²) < 4.78 is 9.86. The van der Waals surface area contributed by atoms with Crippen LogP contribution in [-0.4, -0.2) is 54.9 Å². The van der Waals surface area contributed by atoms with E-state index in [2.05, 4.69) is 35.9 Å². The summed E-state index contributed by atoms with van der Waals surface area (Å²) in [5.74, 6) is -0.129. The van der Waals surface area contributed by atoms with Crippen molar-refractivity contribution in [2.24, 2.45) is 0 Å². The highest BCUT2D eigenvalue weighted by Gasteiger charge is 2.24. The smallest absolute Gasteiger partial charge is 0.324 e. The van der Waals surface area contributed by atoms with Gasteiger partial charge in [0, 0.05) is 11.5 Å². The third-order valence-electron chi connectivity index (χ3n) is 2.41. The number of nitrogens with one attached hydrogen (secondary N) is 2. The molecule has 6 nitrogen and oxygen atoms in total. The average Bonchev–Trinajstić information content (AvgIpc) is 2.42. The molecule has 118 valence electrons. The van der Waals surface area contributed by atoms with Crippen LogP contribution in [0.2, 0.25) is 0 Å². The van der Waals surface area contributed by atoms with Crippen LogP contribution in [0.15, 0.2) is 0 Å². The molecule has 0 aromatic heterocycles. The molecule has 0 unspecified atom stereocenters. The summed E-state index contributed by atoms with van der Waals surface area (Å²) in [6, 6.07) is -1.08. The van der Waals surface area contributed by atoms with Crippen molar-refractivity contribution in [2.75, 3.05) is 24.7 Å². The maximum atomic E-state index is 11.6. The highest BCUT2D eigenvalue weighted by molar-refractivity contribution is 7.80. The van der Waals surface area contributed by atoms with E-state index in [0.29, 0.717) is 24.7 Å². The molecule has 2 atom stereocenters. The van der Waals surface area contributed by atoms with Crippen LogP contribution in [0.4, 0.5) is 0 Å². The fraction of sp³-hybridized carbons (Fsp3) is 0.833. The van der Waals surface area contributed by atoms with Crippen molar-refractivity contribution in [3.63, 3.8) is 0 Å². The first-order chi connectivity index (χ1) is 9.49. The summed E-state index contributed by atoms with van der Waals surface area (Å²) in [5.41, 5.74) is 0. The van der Waals surface area contributed by atoms with Crippen LogP contribution in [0.5, 0.6) is 0 Å². The van der Waals surface area contributed by atoms with Crippen molar-refractivity contribution in [3.05, 3.63) is 0 Å². The number of hydrogen-bond acceptors (Lipinski definition) is 8. The van der Waals surface area contributed by atoms with Crippen LogP contribution >= 0.6 is 25.3 Å².